The van der Waals surface area contributed by atoms with Crippen molar-refractivity contribution in [3.8, 4) is 17.2 Å². The van der Waals surface area contributed by atoms with E-state index < -0.39 is 0 Å². The van der Waals surface area contributed by atoms with Crippen LogP contribution in [0.25, 0.3) is 6.08 Å². The number of thioether (sulfide) groups is 1. The van der Waals surface area contributed by atoms with Crippen molar-refractivity contribution in [2.75, 3.05) is 19.5 Å². The number of hydrogen-bond donors (Lipinski definition) is 2. The van der Waals surface area contributed by atoms with Crippen molar-refractivity contribution in [2.24, 2.45) is 0 Å². The normalized spacial score (nSPS) is 16.2. The summed E-state index contributed by atoms with van der Waals surface area (Å²) in [5, 5.41) is 6.75. The molecule has 1 saturated heterocycles. The van der Waals surface area contributed by atoms with E-state index in [9.17, 15) is 4.79 Å². The molecule has 1 fully saturated rings. The Kier molecular flexibility index (Phi) is 8.74. The first-order chi connectivity index (χ1) is 16.9. The van der Waals surface area contributed by atoms with Crippen LogP contribution in [0.5, 0.6) is 17.2 Å². The summed E-state index contributed by atoms with van der Waals surface area (Å²) in [5.74, 6) is 1.73. The molecule has 0 aromatic heterocycles. The molecule has 0 bridgehead atoms. The van der Waals surface area contributed by atoms with E-state index >= 15 is 0 Å². The van der Waals surface area contributed by atoms with Gasteiger partial charge in [0.25, 0.3) is 5.91 Å². The Morgan fingerprint density at radius 1 is 1.11 bits per heavy atom. The number of nitrogens with one attached hydrogen (secondary N) is 2. The molecular formula is C25H21BrClIN2O4S. The van der Waals surface area contributed by atoms with E-state index in [2.05, 4.69) is 49.2 Å². The summed E-state index contributed by atoms with van der Waals surface area (Å²) in [5.41, 5.74) is 2.21. The first-order valence-electron chi connectivity index (χ1n) is 10.4. The maximum Gasteiger partial charge on any atom is 0.260 e. The third-order valence-electron chi connectivity index (χ3n) is 5.02. The minimum Gasteiger partial charge on any atom is -0.495 e. The molecule has 0 radical (unpaired) electrons. The van der Waals surface area contributed by atoms with Crippen LogP contribution >= 0.6 is 61.9 Å². The maximum absolute atomic E-state index is 12.6. The van der Waals surface area contributed by atoms with Gasteiger partial charge in [0.1, 0.15) is 12.4 Å². The molecule has 3 aromatic carbocycles. The van der Waals surface area contributed by atoms with E-state index in [4.69, 9.17) is 25.8 Å². The fourth-order valence-electron chi connectivity index (χ4n) is 3.35. The number of ether oxygens (including phenoxy) is 3. The number of hydrogen-bond acceptors (Lipinski definition) is 6. The van der Waals surface area contributed by atoms with Crippen LogP contribution in [0.1, 0.15) is 11.1 Å². The zero-order chi connectivity index (χ0) is 24.9. The summed E-state index contributed by atoms with van der Waals surface area (Å²) >= 11 is 13.2. The zero-order valence-electron chi connectivity index (χ0n) is 18.7. The summed E-state index contributed by atoms with van der Waals surface area (Å²) < 4.78 is 18.9. The molecule has 1 atom stereocenters. The molecule has 0 aliphatic carbocycles. The van der Waals surface area contributed by atoms with Gasteiger partial charge in [-0.15, -0.1) is 0 Å². The molecule has 1 unspecified atom stereocenters. The number of carbonyl (C=O) groups is 1. The van der Waals surface area contributed by atoms with Crippen LogP contribution < -0.4 is 24.8 Å². The lowest BCUT2D eigenvalue weighted by atomic mass is 10.2. The quantitative estimate of drug-likeness (QED) is 0.199. The van der Waals surface area contributed by atoms with Gasteiger partial charge >= 0.3 is 0 Å². The average Bonchev–Trinajstić information content (AvgIpc) is 3.17. The number of halogens is 3. The molecule has 1 aliphatic rings. The lowest BCUT2D eigenvalue weighted by molar-refractivity contribution is -0.116. The van der Waals surface area contributed by atoms with Gasteiger partial charge in [-0.25, -0.2) is 0 Å². The van der Waals surface area contributed by atoms with Gasteiger partial charge in [0.05, 0.1) is 28.4 Å². The van der Waals surface area contributed by atoms with Crippen molar-refractivity contribution in [3.63, 3.8) is 0 Å². The van der Waals surface area contributed by atoms with Crippen molar-refractivity contribution in [2.45, 2.75) is 12.1 Å². The van der Waals surface area contributed by atoms with Crippen molar-refractivity contribution < 1.29 is 19.0 Å². The second kappa shape index (κ2) is 11.8. The molecule has 10 heteroatoms. The van der Waals surface area contributed by atoms with Gasteiger partial charge in [-0.3, -0.25) is 4.79 Å². The monoisotopic (exact) mass is 686 g/mol. The maximum atomic E-state index is 12.6. The first kappa shape index (κ1) is 26.0. The second-order valence-corrected chi connectivity index (χ2v) is 11.1. The third-order valence-corrected chi connectivity index (χ3v) is 7.62. The fraction of sp³-hybridized carbons (Fsp3) is 0.160. The highest BCUT2D eigenvalue weighted by atomic mass is 127. The Morgan fingerprint density at radius 3 is 2.57 bits per heavy atom. The average molecular weight is 688 g/mol. The molecular weight excluding hydrogens is 667 g/mol. The molecule has 1 aliphatic heterocycles. The van der Waals surface area contributed by atoms with Gasteiger partial charge in [0.2, 0.25) is 0 Å². The van der Waals surface area contributed by atoms with Crippen LogP contribution in [-0.4, -0.2) is 25.6 Å². The van der Waals surface area contributed by atoms with E-state index in [0.717, 1.165) is 19.2 Å². The smallest absolute Gasteiger partial charge is 0.260 e. The lowest BCUT2D eigenvalue weighted by Crippen LogP contribution is -2.31. The lowest BCUT2D eigenvalue weighted by Gasteiger charge is -2.16. The van der Waals surface area contributed by atoms with E-state index in [-0.39, 0.29) is 11.4 Å². The first-order valence-corrected chi connectivity index (χ1v) is 13.5. The van der Waals surface area contributed by atoms with Crippen molar-refractivity contribution in [1.29, 1.82) is 0 Å². The minimum absolute atomic E-state index is 0.168. The number of carbonyl (C=O) groups excluding carboxylic acids is 1. The topological polar surface area (TPSA) is 68.8 Å². The Labute approximate surface area is 235 Å². The zero-order valence-corrected chi connectivity index (χ0v) is 24.0. The summed E-state index contributed by atoms with van der Waals surface area (Å²) in [6.45, 7) is 0.415. The Hall–Kier alpha value is -2.08. The number of amides is 1. The van der Waals surface area contributed by atoms with E-state index in [1.165, 1.54) is 11.8 Å². The molecule has 3 aromatic rings. The third kappa shape index (κ3) is 6.58. The molecule has 35 heavy (non-hydrogen) atoms. The molecule has 4 rings (SSSR count). The van der Waals surface area contributed by atoms with Gasteiger partial charge in [0.15, 0.2) is 17.0 Å². The van der Waals surface area contributed by atoms with Crippen molar-refractivity contribution in [1.82, 2.24) is 5.32 Å². The number of benzene rings is 3. The molecule has 0 saturated carbocycles. The Balaban J connectivity index is 1.49. The molecule has 1 heterocycles. The molecule has 0 spiro atoms. The van der Waals surface area contributed by atoms with Crippen LogP contribution in [0.2, 0.25) is 5.02 Å². The summed E-state index contributed by atoms with van der Waals surface area (Å²) in [7, 11) is 3.19. The summed E-state index contributed by atoms with van der Waals surface area (Å²) in [6.07, 6.45) is 1.83. The van der Waals surface area contributed by atoms with Gasteiger partial charge in [0, 0.05) is 9.50 Å². The summed E-state index contributed by atoms with van der Waals surface area (Å²) in [4.78, 5) is 13.2. The largest absolute Gasteiger partial charge is 0.495 e. The van der Waals surface area contributed by atoms with E-state index in [0.29, 0.717) is 39.5 Å². The molecule has 2 N–H and O–H groups in total. The van der Waals surface area contributed by atoms with Crippen LogP contribution in [0.15, 0.2) is 64.0 Å². The van der Waals surface area contributed by atoms with Crippen LogP contribution in [0, 0.1) is 3.57 Å². The van der Waals surface area contributed by atoms with Crippen LogP contribution in [0.4, 0.5) is 5.69 Å². The molecule has 6 nitrogen and oxygen atoms in total. The van der Waals surface area contributed by atoms with Crippen LogP contribution in [0.3, 0.4) is 0 Å². The second-order valence-electron chi connectivity index (χ2n) is 7.42. The Morgan fingerprint density at radius 2 is 1.86 bits per heavy atom. The highest BCUT2D eigenvalue weighted by molar-refractivity contribution is 14.1. The standard InChI is InChI=1S/C25H21BrClIN2O4S/c1-32-20-8-7-17(27)12-19(20)29-25-30-24(31)22(35-25)11-15-9-18(28)23(21(10-15)33-2)34-13-14-3-5-16(26)6-4-14/h3-12,25,29H,13H2,1-2H3,(H,30,31)/b22-11-. The predicted octanol–water partition coefficient (Wildman–Crippen LogP) is 6.90. The SMILES string of the molecule is COc1ccc(Cl)cc1NC1NC(=O)/C(=C/c2cc(I)c(OCc3ccc(Br)cc3)c(OC)c2)S1. The predicted molar refractivity (Wildman–Crippen MR) is 153 cm³/mol. The van der Waals surface area contributed by atoms with Crippen molar-refractivity contribution >= 4 is 79.6 Å². The molecule has 1 amide bonds. The minimum atomic E-state index is -0.365. The molecule has 182 valence electrons. The highest BCUT2D eigenvalue weighted by Gasteiger charge is 2.28. The number of methoxy groups -OCH3 is 2. The number of anilines is 1. The van der Waals surface area contributed by atoms with Gasteiger partial charge < -0.3 is 24.8 Å². The fourth-order valence-corrected chi connectivity index (χ4v) is 5.54. The van der Waals surface area contributed by atoms with Gasteiger partial charge in [-0.1, -0.05) is 51.4 Å². The van der Waals surface area contributed by atoms with Crippen LogP contribution in [-0.2, 0) is 11.4 Å². The Bertz CT molecular complexity index is 1270. The summed E-state index contributed by atoms with van der Waals surface area (Å²) in [6, 6.07) is 17.1. The number of rotatable bonds is 8. The van der Waals surface area contributed by atoms with E-state index in [1.807, 2.05) is 42.5 Å². The van der Waals surface area contributed by atoms with Crippen molar-refractivity contribution in [3.05, 3.63) is 83.7 Å². The highest BCUT2D eigenvalue weighted by Crippen LogP contribution is 2.38. The van der Waals surface area contributed by atoms with Gasteiger partial charge in [-0.05, 0) is 82.3 Å². The van der Waals surface area contributed by atoms with Gasteiger partial charge in [-0.2, -0.15) is 0 Å². The van der Waals surface area contributed by atoms with E-state index in [1.54, 1.807) is 32.4 Å².